The van der Waals surface area contributed by atoms with Gasteiger partial charge in [-0.15, -0.1) is 0 Å². The number of nitro benzene ring substituents is 1. The molecule has 28 heavy (non-hydrogen) atoms. The van der Waals surface area contributed by atoms with Gasteiger partial charge in [0.2, 0.25) is 5.91 Å². The van der Waals surface area contributed by atoms with Gasteiger partial charge in [0, 0.05) is 6.07 Å². The maximum absolute atomic E-state index is 12.7. The molecule has 0 aliphatic carbocycles. The number of nitrogens with zero attached hydrogens (tertiary/aromatic N) is 2. The van der Waals surface area contributed by atoms with Crippen molar-refractivity contribution in [3.8, 4) is 0 Å². The first-order valence-corrected chi connectivity index (χ1v) is 8.38. The molecule has 10 heteroatoms. The van der Waals surface area contributed by atoms with Crippen molar-refractivity contribution in [3.05, 3.63) is 57.5 Å². The number of benzene rings is 1. The van der Waals surface area contributed by atoms with Crippen LogP contribution in [0.3, 0.4) is 0 Å². The van der Waals surface area contributed by atoms with E-state index in [0.717, 1.165) is 4.90 Å². The minimum atomic E-state index is -1.43. The van der Waals surface area contributed by atoms with E-state index in [1.807, 2.05) is 0 Å². The Morgan fingerprint density at radius 1 is 1.29 bits per heavy atom. The van der Waals surface area contributed by atoms with E-state index in [1.54, 1.807) is 32.0 Å². The molecule has 146 valence electrons. The number of imide groups is 1. The molecule has 1 aliphatic rings. The number of hydrogen-bond donors (Lipinski definition) is 2. The zero-order chi connectivity index (χ0) is 20.6. The summed E-state index contributed by atoms with van der Waals surface area (Å²) >= 11 is 0. The smallest absolute Gasteiger partial charge is 0.325 e. The molecule has 2 N–H and O–H groups in total. The summed E-state index contributed by atoms with van der Waals surface area (Å²) in [6.07, 6.45) is 0. The number of amides is 4. The second kappa shape index (κ2) is 6.80. The summed E-state index contributed by atoms with van der Waals surface area (Å²) in [4.78, 5) is 48.6. The molecule has 1 aromatic carbocycles. The van der Waals surface area contributed by atoms with Crippen molar-refractivity contribution < 1.29 is 23.7 Å². The number of carbonyl (C=O) groups is 3. The van der Waals surface area contributed by atoms with Crippen molar-refractivity contribution in [1.82, 2.24) is 10.2 Å². The van der Waals surface area contributed by atoms with Crippen LogP contribution < -0.4 is 10.6 Å². The summed E-state index contributed by atoms with van der Waals surface area (Å²) in [5, 5.41) is 16.1. The highest BCUT2D eigenvalue weighted by Crippen LogP contribution is 2.30. The molecule has 2 heterocycles. The van der Waals surface area contributed by atoms with Crippen LogP contribution in [-0.2, 0) is 15.1 Å². The lowest BCUT2D eigenvalue weighted by atomic mass is 9.99. The first-order valence-electron chi connectivity index (χ1n) is 8.38. The number of furan rings is 1. The molecule has 1 aliphatic heterocycles. The summed E-state index contributed by atoms with van der Waals surface area (Å²) in [5.41, 5.74) is -1.07. The Morgan fingerprint density at radius 2 is 2.00 bits per heavy atom. The highest BCUT2D eigenvalue weighted by molar-refractivity contribution is 6.10. The average Bonchev–Trinajstić information content (AvgIpc) is 3.14. The molecule has 2 aromatic rings. The fourth-order valence-electron chi connectivity index (χ4n) is 2.94. The largest absolute Gasteiger partial charge is 0.463 e. The molecule has 1 saturated heterocycles. The number of aryl methyl sites for hydroxylation is 2. The normalized spacial score (nSPS) is 18.9. The molecular weight excluding hydrogens is 368 g/mol. The highest BCUT2D eigenvalue weighted by Gasteiger charge is 2.51. The molecule has 4 amide bonds. The van der Waals surface area contributed by atoms with Crippen LogP contribution in [0.15, 0.2) is 34.7 Å². The fraction of sp³-hybridized carbons (Fsp3) is 0.278. The van der Waals surface area contributed by atoms with Gasteiger partial charge in [0.15, 0.2) is 5.54 Å². The monoisotopic (exact) mass is 386 g/mol. The van der Waals surface area contributed by atoms with Gasteiger partial charge in [-0.1, -0.05) is 6.07 Å². The van der Waals surface area contributed by atoms with Gasteiger partial charge in [0.25, 0.3) is 11.6 Å². The van der Waals surface area contributed by atoms with E-state index >= 15 is 0 Å². The van der Waals surface area contributed by atoms with Crippen LogP contribution in [0.4, 0.5) is 16.2 Å². The Hall–Kier alpha value is -3.69. The number of carbonyl (C=O) groups excluding carboxylic acids is 3. The van der Waals surface area contributed by atoms with Gasteiger partial charge >= 0.3 is 6.03 Å². The van der Waals surface area contributed by atoms with E-state index in [-0.39, 0.29) is 17.1 Å². The molecule has 1 aromatic heterocycles. The number of nitro groups is 1. The van der Waals surface area contributed by atoms with E-state index in [4.69, 9.17) is 4.42 Å². The SMILES string of the molecule is Cc1ccc(NC(=O)CN2C(=O)NC(C)(c3ccc(C)o3)C2=O)c([N+](=O)[O-])c1. The third kappa shape index (κ3) is 3.31. The quantitative estimate of drug-likeness (QED) is 0.459. The van der Waals surface area contributed by atoms with Gasteiger partial charge in [-0.25, -0.2) is 4.79 Å². The number of anilines is 1. The zero-order valence-electron chi connectivity index (χ0n) is 15.4. The third-order valence-electron chi connectivity index (χ3n) is 4.43. The standard InChI is InChI=1S/C18H18N4O6/c1-10-4-6-12(13(8-10)22(26)27)19-15(23)9-21-16(24)18(3,20-17(21)25)14-7-5-11(2)28-14/h4-8H,9H2,1-3H3,(H,19,23)(H,20,25). The lowest BCUT2D eigenvalue weighted by Gasteiger charge is -2.19. The molecule has 0 spiro atoms. The van der Waals surface area contributed by atoms with E-state index in [0.29, 0.717) is 11.3 Å². The van der Waals surface area contributed by atoms with Crippen LogP contribution >= 0.6 is 0 Å². The van der Waals surface area contributed by atoms with Crippen molar-refractivity contribution in [3.63, 3.8) is 0 Å². The summed E-state index contributed by atoms with van der Waals surface area (Å²) in [6.45, 7) is 4.27. The van der Waals surface area contributed by atoms with Crippen molar-refractivity contribution in [2.75, 3.05) is 11.9 Å². The molecular formula is C18H18N4O6. The first-order chi connectivity index (χ1) is 13.1. The van der Waals surface area contributed by atoms with Gasteiger partial charge in [0.05, 0.1) is 4.92 Å². The van der Waals surface area contributed by atoms with Gasteiger partial charge in [-0.3, -0.25) is 24.6 Å². The number of rotatable bonds is 5. The van der Waals surface area contributed by atoms with Crippen molar-refractivity contribution in [2.24, 2.45) is 0 Å². The molecule has 1 fully saturated rings. The molecule has 0 saturated carbocycles. The Kier molecular flexibility index (Phi) is 4.63. The predicted molar refractivity (Wildman–Crippen MR) is 97.5 cm³/mol. The van der Waals surface area contributed by atoms with E-state index in [9.17, 15) is 24.5 Å². The van der Waals surface area contributed by atoms with Crippen LogP contribution in [0.25, 0.3) is 0 Å². The molecule has 1 atom stereocenters. The van der Waals surface area contributed by atoms with E-state index < -0.39 is 34.9 Å². The lowest BCUT2D eigenvalue weighted by Crippen LogP contribution is -2.41. The maximum atomic E-state index is 12.7. The van der Waals surface area contributed by atoms with Crippen LogP contribution in [0.1, 0.15) is 24.0 Å². The fourth-order valence-corrected chi connectivity index (χ4v) is 2.94. The van der Waals surface area contributed by atoms with Gasteiger partial charge < -0.3 is 15.1 Å². The first kappa shape index (κ1) is 19.1. The van der Waals surface area contributed by atoms with Gasteiger partial charge in [-0.05, 0) is 44.5 Å². The minimum absolute atomic E-state index is 0.0166. The highest BCUT2D eigenvalue weighted by atomic mass is 16.6. The van der Waals surface area contributed by atoms with Crippen molar-refractivity contribution in [2.45, 2.75) is 26.3 Å². The molecule has 0 bridgehead atoms. The van der Waals surface area contributed by atoms with Crippen LogP contribution in [0.2, 0.25) is 0 Å². The van der Waals surface area contributed by atoms with Crippen LogP contribution in [0.5, 0.6) is 0 Å². The molecule has 10 nitrogen and oxygen atoms in total. The zero-order valence-corrected chi connectivity index (χ0v) is 15.4. The van der Waals surface area contributed by atoms with Crippen molar-refractivity contribution in [1.29, 1.82) is 0 Å². The van der Waals surface area contributed by atoms with E-state index in [2.05, 4.69) is 10.6 Å². The van der Waals surface area contributed by atoms with Crippen LogP contribution in [-0.4, -0.2) is 34.2 Å². The van der Waals surface area contributed by atoms with E-state index in [1.165, 1.54) is 19.1 Å². The second-order valence-corrected chi connectivity index (χ2v) is 6.68. The summed E-state index contributed by atoms with van der Waals surface area (Å²) in [6, 6.07) is 6.80. The number of urea groups is 1. The Labute approximate surface area is 159 Å². The second-order valence-electron chi connectivity index (χ2n) is 6.68. The third-order valence-corrected chi connectivity index (χ3v) is 4.43. The Morgan fingerprint density at radius 3 is 2.61 bits per heavy atom. The summed E-state index contributed by atoms with van der Waals surface area (Å²) in [5.74, 6) is -0.572. The van der Waals surface area contributed by atoms with Crippen molar-refractivity contribution >= 4 is 29.2 Å². The molecule has 1 unspecified atom stereocenters. The average molecular weight is 386 g/mol. The topological polar surface area (TPSA) is 135 Å². The summed E-state index contributed by atoms with van der Waals surface area (Å²) in [7, 11) is 0. The molecule has 3 rings (SSSR count). The number of nitrogens with one attached hydrogen (secondary N) is 2. The molecule has 0 radical (unpaired) electrons. The van der Waals surface area contributed by atoms with Gasteiger partial charge in [-0.2, -0.15) is 0 Å². The predicted octanol–water partition coefficient (Wildman–Crippen LogP) is 2.21. The Bertz CT molecular complexity index is 998. The summed E-state index contributed by atoms with van der Waals surface area (Å²) < 4.78 is 5.45. The number of hydrogen-bond acceptors (Lipinski definition) is 6. The Balaban J connectivity index is 1.77. The minimum Gasteiger partial charge on any atom is -0.463 e. The lowest BCUT2D eigenvalue weighted by molar-refractivity contribution is -0.384. The van der Waals surface area contributed by atoms with Gasteiger partial charge in [0.1, 0.15) is 23.8 Å². The maximum Gasteiger partial charge on any atom is 0.325 e. The van der Waals surface area contributed by atoms with Crippen LogP contribution in [0, 0.1) is 24.0 Å².